The van der Waals surface area contributed by atoms with Gasteiger partial charge in [0.25, 0.3) is 0 Å². The average Bonchev–Trinajstić information content (AvgIpc) is 2.35. The monoisotopic (exact) mass is 342 g/mol. The lowest BCUT2D eigenvalue weighted by molar-refractivity contribution is 0.620. The Balaban J connectivity index is 2.36. The van der Waals surface area contributed by atoms with E-state index in [2.05, 4.69) is 31.2 Å². The molecule has 4 nitrogen and oxygen atoms in total. The van der Waals surface area contributed by atoms with Crippen LogP contribution in [-0.4, -0.2) is 16.2 Å². The predicted octanol–water partition coefficient (Wildman–Crippen LogP) is 3.73. The number of nitrogens with one attached hydrogen (secondary N) is 1. The second kappa shape index (κ2) is 5.75. The summed E-state index contributed by atoms with van der Waals surface area (Å²) in [4.78, 5) is 8.36. The molecule has 1 heterocycles. The van der Waals surface area contributed by atoms with Crippen molar-refractivity contribution >= 4 is 45.0 Å². The Bertz CT molecular complexity index is 621. The van der Waals surface area contributed by atoms with E-state index in [0.29, 0.717) is 21.3 Å². The molecule has 0 amide bonds. The van der Waals surface area contributed by atoms with Gasteiger partial charge in [-0.05, 0) is 46.8 Å². The molecule has 2 rings (SSSR count). The molecule has 1 aromatic heterocycles. The van der Waals surface area contributed by atoms with Crippen LogP contribution in [-0.2, 0) is 0 Å². The van der Waals surface area contributed by atoms with Crippen LogP contribution >= 0.6 is 27.7 Å². The summed E-state index contributed by atoms with van der Waals surface area (Å²) in [7, 11) is 0. The summed E-state index contributed by atoms with van der Waals surface area (Å²) in [6.07, 6.45) is 1.87. The second-order valence-corrected chi connectivity index (χ2v) is 5.50. The van der Waals surface area contributed by atoms with Gasteiger partial charge in [0.15, 0.2) is 5.16 Å². The number of anilines is 3. The largest absolute Gasteiger partial charge is 0.383 e. The number of benzene rings is 1. The number of thioether (sulfide) groups is 1. The van der Waals surface area contributed by atoms with Crippen molar-refractivity contribution in [1.29, 1.82) is 0 Å². The highest BCUT2D eigenvalue weighted by Gasteiger charge is 2.07. The number of aryl methyl sites for hydroxylation is 1. The molecule has 0 saturated heterocycles. The quantitative estimate of drug-likeness (QED) is 0.657. The van der Waals surface area contributed by atoms with E-state index in [0.717, 1.165) is 11.3 Å². The van der Waals surface area contributed by atoms with E-state index in [-0.39, 0.29) is 5.82 Å². The zero-order valence-corrected chi connectivity index (χ0v) is 12.8. The van der Waals surface area contributed by atoms with Gasteiger partial charge in [-0.25, -0.2) is 14.4 Å². The van der Waals surface area contributed by atoms with E-state index in [1.807, 2.05) is 13.2 Å². The smallest absolute Gasteiger partial charge is 0.191 e. The molecule has 2 aromatic rings. The molecule has 0 aliphatic rings. The standard InChI is InChI=1S/C12H12BrFN4S/c1-6-3-8(14)7(13)4-9(6)16-11-5-10(15)17-12(18-11)19-2/h3-5H,1-2H3,(H3,15,16,17,18). The highest BCUT2D eigenvalue weighted by Crippen LogP contribution is 2.27. The molecule has 19 heavy (non-hydrogen) atoms. The molecule has 0 spiro atoms. The van der Waals surface area contributed by atoms with Crippen molar-refractivity contribution in [3.63, 3.8) is 0 Å². The van der Waals surface area contributed by atoms with Crippen molar-refractivity contribution in [2.45, 2.75) is 12.1 Å². The van der Waals surface area contributed by atoms with Gasteiger partial charge in [-0.2, -0.15) is 0 Å². The fourth-order valence-corrected chi connectivity index (χ4v) is 2.25. The molecular formula is C12H12BrFN4S. The van der Waals surface area contributed by atoms with Crippen LogP contribution in [0.5, 0.6) is 0 Å². The van der Waals surface area contributed by atoms with Crippen molar-refractivity contribution in [1.82, 2.24) is 9.97 Å². The van der Waals surface area contributed by atoms with Crippen LogP contribution in [0.1, 0.15) is 5.56 Å². The molecule has 0 aliphatic carbocycles. The third kappa shape index (κ3) is 3.36. The summed E-state index contributed by atoms with van der Waals surface area (Å²) in [5.41, 5.74) is 7.25. The van der Waals surface area contributed by atoms with E-state index >= 15 is 0 Å². The molecule has 0 bridgehead atoms. The van der Waals surface area contributed by atoms with Gasteiger partial charge < -0.3 is 11.1 Å². The van der Waals surface area contributed by atoms with Crippen molar-refractivity contribution in [3.05, 3.63) is 34.1 Å². The summed E-state index contributed by atoms with van der Waals surface area (Å²) in [5, 5.41) is 3.70. The molecule has 0 radical (unpaired) electrons. The summed E-state index contributed by atoms with van der Waals surface area (Å²) in [6.45, 7) is 1.82. The van der Waals surface area contributed by atoms with Gasteiger partial charge in [-0.15, -0.1) is 0 Å². The maximum atomic E-state index is 13.4. The minimum absolute atomic E-state index is 0.296. The molecule has 0 aliphatic heterocycles. The van der Waals surface area contributed by atoms with Gasteiger partial charge in [-0.3, -0.25) is 0 Å². The molecule has 100 valence electrons. The van der Waals surface area contributed by atoms with Gasteiger partial charge in [0.05, 0.1) is 4.47 Å². The topological polar surface area (TPSA) is 63.8 Å². The number of nitrogens with two attached hydrogens (primary N) is 1. The van der Waals surface area contributed by atoms with Gasteiger partial charge in [-0.1, -0.05) is 11.8 Å². The van der Waals surface area contributed by atoms with Crippen LogP contribution in [0.25, 0.3) is 0 Å². The van der Waals surface area contributed by atoms with Gasteiger partial charge >= 0.3 is 0 Å². The first kappa shape index (κ1) is 14.1. The van der Waals surface area contributed by atoms with Crippen LogP contribution in [0.2, 0.25) is 0 Å². The summed E-state index contributed by atoms with van der Waals surface area (Å²) in [5.74, 6) is 0.675. The van der Waals surface area contributed by atoms with E-state index < -0.39 is 0 Å². The number of rotatable bonds is 3. The maximum Gasteiger partial charge on any atom is 0.191 e. The number of halogens is 2. The first-order valence-electron chi connectivity index (χ1n) is 5.41. The van der Waals surface area contributed by atoms with Gasteiger partial charge in [0.2, 0.25) is 0 Å². The predicted molar refractivity (Wildman–Crippen MR) is 80.3 cm³/mol. The molecule has 0 fully saturated rings. The van der Waals surface area contributed by atoms with Gasteiger partial charge in [0.1, 0.15) is 17.5 Å². The van der Waals surface area contributed by atoms with E-state index in [1.54, 1.807) is 12.1 Å². The Morgan fingerprint density at radius 2 is 2.05 bits per heavy atom. The summed E-state index contributed by atoms with van der Waals surface area (Å²) in [6, 6.07) is 4.75. The van der Waals surface area contributed by atoms with Crippen LogP contribution in [0.4, 0.5) is 21.7 Å². The Morgan fingerprint density at radius 3 is 2.74 bits per heavy atom. The minimum Gasteiger partial charge on any atom is -0.383 e. The number of hydrogen-bond acceptors (Lipinski definition) is 5. The van der Waals surface area contributed by atoms with Crippen molar-refractivity contribution < 1.29 is 4.39 Å². The second-order valence-electron chi connectivity index (χ2n) is 3.87. The number of nitrogens with zero attached hydrogens (tertiary/aromatic N) is 2. The Kier molecular flexibility index (Phi) is 4.26. The fraction of sp³-hybridized carbons (Fsp3) is 0.167. The zero-order valence-electron chi connectivity index (χ0n) is 10.4. The van der Waals surface area contributed by atoms with Crippen molar-refractivity contribution in [2.24, 2.45) is 0 Å². The van der Waals surface area contributed by atoms with Crippen LogP contribution in [0.15, 0.2) is 27.8 Å². The average molecular weight is 343 g/mol. The Morgan fingerprint density at radius 1 is 1.32 bits per heavy atom. The van der Waals surface area contributed by atoms with Crippen molar-refractivity contribution in [2.75, 3.05) is 17.3 Å². The lowest BCUT2D eigenvalue weighted by atomic mass is 10.2. The van der Waals surface area contributed by atoms with E-state index in [4.69, 9.17) is 5.73 Å². The van der Waals surface area contributed by atoms with E-state index in [9.17, 15) is 4.39 Å². The molecule has 3 N–H and O–H groups in total. The number of nitrogen functional groups attached to an aromatic ring is 1. The summed E-state index contributed by atoms with van der Waals surface area (Å²) >= 11 is 4.57. The lowest BCUT2D eigenvalue weighted by Gasteiger charge is -2.11. The first-order valence-corrected chi connectivity index (χ1v) is 7.42. The molecule has 7 heteroatoms. The number of aromatic nitrogens is 2. The third-order valence-corrected chi connectivity index (χ3v) is 3.59. The lowest BCUT2D eigenvalue weighted by Crippen LogP contribution is -2.01. The fourth-order valence-electron chi connectivity index (χ4n) is 1.52. The molecular weight excluding hydrogens is 331 g/mol. The van der Waals surface area contributed by atoms with Crippen LogP contribution in [0, 0.1) is 12.7 Å². The minimum atomic E-state index is -0.296. The summed E-state index contributed by atoms with van der Waals surface area (Å²) < 4.78 is 13.8. The highest BCUT2D eigenvalue weighted by atomic mass is 79.9. The molecule has 1 aromatic carbocycles. The molecule has 0 atom stereocenters. The van der Waals surface area contributed by atoms with Crippen molar-refractivity contribution in [3.8, 4) is 0 Å². The molecule has 0 saturated carbocycles. The first-order chi connectivity index (χ1) is 8.99. The number of hydrogen-bond donors (Lipinski definition) is 2. The maximum absolute atomic E-state index is 13.4. The highest BCUT2D eigenvalue weighted by molar-refractivity contribution is 9.10. The van der Waals surface area contributed by atoms with Crippen LogP contribution < -0.4 is 11.1 Å². The molecule has 0 unspecified atom stereocenters. The Hall–Kier alpha value is -1.34. The van der Waals surface area contributed by atoms with E-state index in [1.165, 1.54) is 17.8 Å². The normalized spacial score (nSPS) is 10.5. The SMILES string of the molecule is CSc1nc(N)cc(Nc2cc(Br)c(F)cc2C)n1. The van der Waals surface area contributed by atoms with Crippen LogP contribution in [0.3, 0.4) is 0 Å². The Labute approximate surface area is 123 Å². The van der Waals surface area contributed by atoms with Gasteiger partial charge in [0, 0.05) is 11.8 Å². The third-order valence-electron chi connectivity index (χ3n) is 2.44. The zero-order chi connectivity index (χ0) is 14.0.